The van der Waals surface area contributed by atoms with Crippen LogP contribution in [0.15, 0.2) is 16.6 Å². The third kappa shape index (κ3) is 3.20. The van der Waals surface area contributed by atoms with Crippen LogP contribution in [0.4, 0.5) is 0 Å². The van der Waals surface area contributed by atoms with Crippen molar-refractivity contribution in [3.05, 3.63) is 22.2 Å². The summed E-state index contributed by atoms with van der Waals surface area (Å²) < 4.78 is 17.3. The van der Waals surface area contributed by atoms with Crippen LogP contribution in [0.25, 0.3) is 0 Å². The molecular formula is C16H23BrO4. The average Bonchev–Trinajstić information content (AvgIpc) is 2.46. The molecule has 1 aliphatic rings. The molecule has 1 aromatic carbocycles. The van der Waals surface area contributed by atoms with Crippen molar-refractivity contribution in [2.45, 2.75) is 38.4 Å². The highest BCUT2D eigenvalue weighted by Crippen LogP contribution is 2.46. The Bertz CT molecular complexity index is 503. The number of aliphatic hydroxyl groups is 1. The number of halogens is 1. The number of ether oxygens (including phenoxy) is 3. The van der Waals surface area contributed by atoms with Crippen molar-refractivity contribution in [1.29, 1.82) is 0 Å². The Kier molecular flexibility index (Phi) is 5.17. The van der Waals surface area contributed by atoms with E-state index in [1.54, 1.807) is 14.2 Å². The molecule has 118 valence electrons. The van der Waals surface area contributed by atoms with Gasteiger partial charge in [0.1, 0.15) is 16.0 Å². The van der Waals surface area contributed by atoms with E-state index in [2.05, 4.69) is 29.8 Å². The Morgan fingerprint density at radius 3 is 2.62 bits per heavy atom. The molecule has 0 aromatic heterocycles. The molecule has 1 aliphatic heterocycles. The van der Waals surface area contributed by atoms with Crippen LogP contribution in [-0.4, -0.2) is 32.0 Å². The summed E-state index contributed by atoms with van der Waals surface area (Å²) in [7, 11) is 3.21. The number of benzene rings is 1. The summed E-state index contributed by atoms with van der Waals surface area (Å²) in [6.07, 6.45) is 1.18. The van der Waals surface area contributed by atoms with Crippen LogP contribution in [0, 0.1) is 5.92 Å². The van der Waals surface area contributed by atoms with Crippen LogP contribution < -0.4 is 9.47 Å². The number of rotatable bonds is 4. The molecule has 1 aromatic rings. The molecule has 4 nitrogen and oxygen atoms in total. The molecule has 0 radical (unpaired) electrons. The molecule has 5 heteroatoms. The zero-order valence-electron chi connectivity index (χ0n) is 13.0. The minimum Gasteiger partial charge on any atom is -0.495 e. The van der Waals surface area contributed by atoms with Gasteiger partial charge in [0.2, 0.25) is 0 Å². The van der Waals surface area contributed by atoms with Crippen molar-refractivity contribution in [2.75, 3.05) is 20.8 Å². The molecule has 21 heavy (non-hydrogen) atoms. The molecular weight excluding hydrogens is 336 g/mol. The first-order valence-corrected chi connectivity index (χ1v) is 7.97. The molecule has 2 unspecified atom stereocenters. The fourth-order valence-electron chi connectivity index (χ4n) is 2.81. The monoisotopic (exact) mass is 358 g/mol. The number of methoxy groups -OCH3 is 2. The summed E-state index contributed by atoms with van der Waals surface area (Å²) in [5.41, 5.74) is -0.153. The van der Waals surface area contributed by atoms with E-state index in [1.807, 2.05) is 12.1 Å². The summed E-state index contributed by atoms with van der Waals surface area (Å²) in [6, 6.07) is 3.73. The van der Waals surface area contributed by atoms with E-state index in [0.29, 0.717) is 36.9 Å². The highest BCUT2D eigenvalue weighted by molar-refractivity contribution is 9.10. The van der Waals surface area contributed by atoms with Crippen molar-refractivity contribution in [3.63, 3.8) is 0 Å². The summed E-state index contributed by atoms with van der Waals surface area (Å²) in [6.45, 7) is 4.77. The Balaban J connectivity index is 2.42. The minimum atomic E-state index is -0.937. The molecule has 2 atom stereocenters. The first-order chi connectivity index (χ1) is 9.92. The standard InChI is InChI=1S/C16H23BrO4/c1-10(2)13-9-16(18,7-8-21-13)11-5-6-12(19-3)14(17)15(11)20-4/h5-6,10,13,18H,7-9H2,1-4H3. The van der Waals surface area contributed by atoms with Gasteiger partial charge in [-0.2, -0.15) is 0 Å². The van der Waals surface area contributed by atoms with Crippen LogP contribution in [0.1, 0.15) is 32.3 Å². The number of hydrogen-bond donors (Lipinski definition) is 1. The molecule has 1 N–H and O–H groups in total. The Hall–Kier alpha value is -0.780. The van der Waals surface area contributed by atoms with Crippen molar-refractivity contribution in [2.24, 2.45) is 5.92 Å². The first kappa shape index (κ1) is 16.6. The highest BCUT2D eigenvalue weighted by Gasteiger charge is 2.40. The van der Waals surface area contributed by atoms with Crippen LogP contribution in [0.2, 0.25) is 0 Å². The molecule has 1 fully saturated rings. The predicted molar refractivity (Wildman–Crippen MR) is 85.0 cm³/mol. The summed E-state index contributed by atoms with van der Waals surface area (Å²) in [5, 5.41) is 11.1. The lowest BCUT2D eigenvalue weighted by molar-refractivity contribution is -0.122. The SMILES string of the molecule is COc1ccc(C2(O)CCOC(C(C)C)C2)c(OC)c1Br. The average molecular weight is 359 g/mol. The van der Waals surface area contributed by atoms with Gasteiger partial charge in [-0.15, -0.1) is 0 Å². The second-order valence-electron chi connectivity index (χ2n) is 5.80. The number of hydrogen-bond acceptors (Lipinski definition) is 4. The summed E-state index contributed by atoms with van der Waals surface area (Å²) >= 11 is 3.49. The molecule has 1 saturated heterocycles. The van der Waals surface area contributed by atoms with Crippen LogP contribution in [0.3, 0.4) is 0 Å². The third-order valence-corrected chi connectivity index (χ3v) is 4.87. The minimum absolute atomic E-state index is 0.0503. The van der Waals surface area contributed by atoms with E-state index in [1.165, 1.54) is 0 Å². The van der Waals surface area contributed by atoms with Gasteiger partial charge in [0, 0.05) is 18.4 Å². The van der Waals surface area contributed by atoms with E-state index in [9.17, 15) is 5.11 Å². The predicted octanol–water partition coefficient (Wildman–Crippen LogP) is 3.49. The van der Waals surface area contributed by atoms with Crippen LogP contribution in [0.5, 0.6) is 11.5 Å². The second kappa shape index (κ2) is 6.55. The van der Waals surface area contributed by atoms with Gasteiger partial charge < -0.3 is 19.3 Å². The Labute approximate surface area is 134 Å². The third-order valence-electron chi connectivity index (χ3n) is 4.12. The molecule has 0 amide bonds. The topological polar surface area (TPSA) is 47.9 Å². The zero-order valence-corrected chi connectivity index (χ0v) is 14.6. The van der Waals surface area contributed by atoms with Crippen molar-refractivity contribution < 1.29 is 19.3 Å². The van der Waals surface area contributed by atoms with Crippen LogP contribution in [-0.2, 0) is 10.3 Å². The van der Waals surface area contributed by atoms with Gasteiger partial charge in [-0.3, -0.25) is 0 Å². The fourth-order valence-corrected chi connectivity index (χ4v) is 3.48. The summed E-state index contributed by atoms with van der Waals surface area (Å²) in [5.74, 6) is 1.68. The normalized spacial score (nSPS) is 26.0. The van der Waals surface area contributed by atoms with Crippen molar-refractivity contribution in [3.8, 4) is 11.5 Å². The lowest BCUT2D eigenvalue weighted by Gasteiger charge is -2.39. The second-order valence-corrected chi connectivity index (χ2v) is 6.59. The molecule has 2 rings (SSSR count). The van der Waals surface area contributed by atoms with Gasteiger partial charge in [-0.05, 0) is 34.0 Å². The first-order valence-electron chi connectivity index (χ1n) is 7.18. The Morgan fingerprint density at radius 2 is 2.05 bits per heavy atom. The lowest BCUT2D eigenvalue weighted by atomic mass is 9.80. The maximum absolute atomic E-state index is 11.1. The molecule has 0 aliphatic carbocycles. The Morgan fingerprint density at radius 1 is 1.33 bits per heavy atom. The van der Waals surface area contributed by atoms with E-state index < -0.39 is 5.60 Å². The zero-order chi connectivity index (χ0) is 15.6. The fraction of sp³-hybridized carbons (Fsp3) is 0.625. The molecule has 0 spiro atoms. The van der Waals surface area contributed by atoms with Crippen molar-refractivity contribution in [1.82, 2.24) is 0 Å². The maximum atomic E-state index is 11.1. The highest BCUT2D eigenvalue weighted by atomic mass is 79.9. The van der Waals surface area contributed by atoms with Gasteiger partial charge in [0.25, 0.3) is 0 Å². The van der Waals surface area contributed by atoms with E-state index in [0.717, 1.165) is 10.0 Å². The molecule has 1 heterocycles. The van der Waals surface area contributed by atoms with Gasteiger partial charge in [0.05, 0.1) is 32.5 Å². The van der Waals surface area contributed by atoms with E-state index in [-0.39, 0.29) is 6.10 Å². The maximum Gasteiger partial charge on any atom is 0.142 e. The summed E-state index contributed by atoms with van der Waals surface area (Å²) in [4.78, 5) is 0. The van der Waals surface area contributed by atoms with Gasteiger partial charge >= 0.3 is 0 Å². The largest absolute Gasteiger partial charge is 0.495 e. The van der Waals surface area contributed by atoms with Gasteiger partial charge in [-0.25, -0.2) is 0 Å². The quantitative estimate of drug-likeness (QED) is 0.894. The van der Waals surface area contributed by atoms with Gasteiger partial charge in [-0.1, -0.05) is 13.8 Å². The van der Waals surface area contributed by atoms with Gasteiger partial charge in [0.15, 0.2) is 0 Å². The molecule has 0 bridgehead atoms. The van der Waals surface area contributed by atoms with Crippen molar-refractivity contribution >= 4 is 15.9 Å². The smallest absolute Gasteiger partial charge is 0.142 e. The lowest BCUT2D eigenvalue weighted by Crippen LogP contribution is -2.41. The van der Waals surface area contributed by atoms with E-state index in [4.69, 9.17) is 14.2 Å². The van der Waals surface area contributed by atoms with Crippen LogP contribution >= 0.6 is 15.9 Å². The molecule has 0 saturated carbocycles. The van der Waals surface area contributed by atoms with E-state index >= 15 is 0 Å².